The molecule has 0 bridgehead atoms. The molecule has 2 saturated heterocycles. The number of aryl methyl sites for hydroxylation is 1. The number of piperazine rings is 1. The van der Waals surface area contributed by atoms with Crippen LogP contribution in [-0.4, -0.2) is 63.2 Å². The Labute approximate surface area is 236 Å². The first-order valence-corrected chi connectivity index (χ1v) is 14.1. The zero-order valence-electron chi connectivity index (χ0n) is 23.7. The highest BCUT2D eigenvalue weighted by atomic mass is 16.5. The third-order valence-electron chi connectivity index (χ3n) is 8.03. The fourth-order valence-electron chi connectivity index (χ4n) is 5.58. The van der Waals surface area contributed by atoms with Gasteiger partial charge in [0, 0.05) is 56.3 Å². The number of para-hydroxylation sites is 2. The van der Waals surface area contributed by atoms with Crippen LogP contribution in [0, 0.1) is 13.8 Å². The number of urea groups is 1. The van der Waals surface area contributed by atoms with Crippen LogP contribution in [0.15, 0.2) is 60.7 Å². The summed E-state index contributed by atoms with van der Waals surface area (Å²) in [4.78, 5) is 33.2. The van der Waals surface area contributed by atoms with Gasteiger partial charge in [0.15, 0.2) is 0 Å². The quantitative estimate of drug-likeness (QED) is 0.406. The number of piperidine rings is 1. The predicted molar refractivity (Wildman–Crippen MR) is 162 cm³/mol. The number of ether oxygens (including phenoxy) is 1. The average Bonchev–Trinajstić information content (AvgIpc) is 2.99. The van der Waals surface area contributed by atoms with E-state index in [-0.39, 0.29) is 11.9 Å². The number of anilines is 4. The van der Waals surface area contributed by atoms with Gasteiger partial charge in [0.25, 0.3) is 5.91 Å². The maximum atomic E-state index is 13.8. The van der Waals surface area contributed by atoms with Crippen molar-refractivity contribution in [2.24, 2.45) is 0 Å². The van der Waals surface area contributed by atoms with Crippen molar-refractivity contribution < 1.29 is 14.3 Å². The summed E-state index contributed by atoms with van der Waals surface area (Å²) in [6, 6.07) is 19.3. The van der Waals surface area contributed by atoms with Crippen LogP contribution >= 0.6 is 0 Å². The molecule has 3 amide bonds. The molecule has 8 heteroatoms. The minimum Gasteiger partial charge on any atom is -0.495 e. The Morgan fingerprint density at radius 2 is 1.45 bits per heavy atom. The predicted octanol–water partition coefficient (Wildman–Crippen LogP) is 5.91. The number of carbonyl (C=O) groups is 2. The van der Waals surface area contributed by atoms with Gasteiger partial charge in [0.1, 0.15) is 5.75 Å². The zero-order chi connectivity index (χ0) is 28.1. The zero-order valence-corrected chi connectivity index (χ0v) is 23.7. The molecular formula is C32H39N5O3. The summed E-state index contributed by atoms with van der Waals surface area (Å²) in [7, 11) is 1.70. The Balaban J connectivity index is 1.35. The summed E-state index contributed by atoms with van der Waals surface area (Å²) in [5.41, 5.74) is 6.14. The van der Waals surface area contributed by atoms with E-state index < -0.39 is 0 Å². The lowest BCUT2D eigenvalue weighted by atomic mass is 10.1. The van der Waals surface area contributed by atoms with Crippen LogP contribution in [0.4, 0.5) is 27.5 Å². The highest BCUT2D eigenvalue weighted by Crippen LogP contribution is 2.32. The number of benzene rings is 3. The first kappa shape index (κ1) is 27.4. The van der Waals surface area contributed by atoms with Gasteiger partial charge in [-0.05, 0) is 80.6 Å². The highest BCUT2D eigenvalue weighted by molar-refractivity contribution is 6.04. The fourth-order valence-corrected chi connectivity index (χ4v) is 5.58. The molecule has 3 aromatic rings. The minimum atomic E-state index is -0.330. The van der Waals surface area contributed by atoms with E-state index in [9.17, 15) is 9.59 Å². The summed E-state index contributed by atoms with van der Waals surface area (Å²) in [6.45, 7) is 8.73. The minimum absolute atomic E-state index is 0.0282. The van der Waals surface area contributed by atoms with Gasteiger partial charge in [-0.1, -0.05) is 24.3 Å². The Morgan fingerprint density at radius 1 is 0.750 bits per heavy atom. The van der Waals surface area contributed by atoms with Crippen LogP contribution in [-0.2, 0) is 0 Å². The molecule has 210 valence electrons. The average molecular weight is 542 g/mol. The number of hydrogen-bond acceptors (Lipinski definition) is 5. The summed E-state index contributed by atoms with van der Waals surface area (Å²) in [5, 5.41) is 5.89. The topological polar surface area (TPSA) is 77.1 Å². The van der Waals surface area contributed by atoms with E-state index in [1.807, 2.05) is 73.3 Å². The molecule has 0 aliphatic carbocycles. The van der Waals surface area contributed by atoms with Gasteiger partial charge < -0.3 is 30.1 Å². The van der Waals surface area contributed by atoms with Gasteiger partial charge in [-0.3, -0.25) is 4.79 Å². The Kier molecular flexibility index (Phi) is 8.43. The molecule has 8 nitrogen and oxygen atoms in total. The molecule has 0 aromatic heterocycles. The standard InChI is InChI=1S/C32H39N5O3/c1-23-10-9-11-27(24(23)2)34-32(39)33-25-14-15-28(26(22-25)31(38)37-16-7-4-8-17-37)35-18-20-36(21-19-35)29-12-5-6-13-30(29)40-3/h5-6,9-15,22H,4,7-8,16-21H2,1-3H3,(H2,33,34,39). The van der Waals surface area contributed by atoms with Crippen LogP contribution in [0.1, 0.15) is 40.7 Å². The number of nitrogens with zero attached hydrogens (tertiary/aromatic N) is 3. The molecule has 2 N–H and O–H groups in total. The van der Waals surface area contributed by atoms with Gasteiger partial charge in [0.2, 0.25) is 0 Å². The second-order valence-corrected chi connectivity index (χ2v) is 10.6. The molecule has 40 heavy (non-hydrogen) atoms. The Morgan fingerprint density at radius 3 is 2.17 bits per heavy atom. The van der Waals surface area contributed by atoms with E-state index in [2.05, 4.69) is 26.5 Å². The number of amides is 3. The van der Waals surface area contributed by atoms with Crippen molar-refractivity contribution in [2.75, 3.05) is 66.8 Å². The van der Waals surface area contributed by atoms with E-state index >= 15 is 0 Å². The Hall–Kier alpha value is -4.20. The number of carbonyl (C=O) groups excluding carboxylic acids is 2. The maximum Gasteiger partial charge on any atom is 0.323 e. The molecule has 2 aliphatic rings. The van der Waals surface area contributed by atoms with Crippen LogP contribution in [0.3, 0.4) is 0 Å². The second-order valence-electron chi connectivity index (χ2n) is 10.6. The molecular weight excluding hydrogens is 502 g/mol. The van der Waals surface area contributed by atoms with Gasteiger partial charge in [-0.25, -0.2) is 4.79 Å². The van der Waals surface area contributed by atoms with E-state index in [0.717, 1.165) is 92.5 Å². The number of nitrogens with one attached hydrogen (secondary N) is 2. The number of methoxy groups -OCH3 is 1. The molecule has 3 aromatic carbocycles. The second kappa shape index (κ2) is 12.3. The number of rotatable bonds is 6. The van der Waals surface area contributed by atoms with Crippen molar-refractivity contribution in [3.63, 3.8) is 0 Å². The van der Waals surface area contributed by atoms with Crippen molar-refractivity contribution in [1.82, 2.24) is 4.90 Å². The largest absolute Gasteiger partial charge is 0.495 e. The van der Waals surface area contributed by atoms with Crippen LogP contribution in [0.2, 0.25) is 0 Å². The summed E-state index contributed by atoms with van der Waals surface area (Å²) in [6.07, 6.45) is 3.20. The Bertz CT molecular complexity index is 1360. The lowest BCUT2D eigenvalue weighted by Gasteiger charge is -2.39. The summed E-state index contributed by atoms with van der Waals surface area (Å²) in [5.74, 6) is 0.895. The molecule has 0 atom stereocenters. The van der Waals surface area contributed by atoms with E-state index in [0.29, 0.717) is 11.3 Å². The fraction of sp³-hybridized carbons (Fsp3) is 0.375. The molecule has 2 aliphatic heterocycles. The number of likely N-dealkylation sites (tertiary alicyclic amines) is 1. The maximum absolute atomic E-state index is 13.8. The van der Waals surface area contributed by atoms with Gasteiger partial charge >= 0.3 is 6.03 Å². The van der Waals surface area contributed by atoms with Gasteiger partial charge in [-0.2, -0.15) is 0 Å². The van der Waals surface area contributed by atoms with Crippen molar-refractivity contribution >= 4 is 34.7 Å². The molecule has 0 spiro atoms. The van der Waals surface area contributed by atoms with Gasteiger partial charge in [0.05, 0.1) is 18.4 Å². The van der Waals surface area contributed by atoms with Gasteiger partial charge in [-0.15, -0.1) is 0 Å². The molecule has 0 radical (unpaired) electrons. The smallest absolute Gasteiger partial charge is 0.323 e. The van der Waals surface area contributed by atoms with Crippen molar-refractivity contribution in [3.8, 4) is 5.75 Å². The first-order chi connectivity index (χ1) is 19.4. The molecule has 2 heterocycles. The highest BCUT2D eigenvalue weighted by Gasteiger charge is 2.26. The molecule has 0 saturated carbocycles. The van der Waals surface area contributed by atoms with Crippen LogP contribution < -0.4 is 25.2 Å². The third kappa shape index (κ3) is 6.01. The molecule has 5 rings (SSSR count). The summed E-state index contributed by atoms with van der Waals surface area (Å²) < 4.78 is 5.58. The SMILES string of the molecule is COc1ccccc1N1CCN(c2ccc(NC(=O)Nc3cccc(C)c3C)cc2C(=O)N2CCCCC2)CC1. The third-order valence-corrected chi connectivity index (χ3v) is 8.03. The lowest BCUT2D eigenvalue weighted by Crippen LogP contribution is -2.47. The van der Waals surface area contributed by atoms with Crippen molar-refractivity contribution in [3.05, 3.63) is 77.4 Å². The monoisotopic (exact) mass is 541 g/mol. The van der Waals surface area contributed by atoms with Crippen LogP contribution in [0.25, 0.3) is 0 Å². The lowest BCUT2D eigenvalue weighted by molar-refractivity contribution is 0.0725. The molecule has 2 fully saturated rings. The van der Waals surface area contributed by atoms with Crippen LogP contribution in [0.5, 0.6) is 5.75 Å². The first-order valence-electron chi connectivity index (χ1n) is 14.1. The van der Waals surface area contributed by atoms with E-state index in [1.165, 1.54) is 0 Å². The van der Waals surface area contributed by atoms with E-state index in [1.54, 1.807) is 7.11 Å². The number of hydrogen-bond donors (Lipinski definition) is 2. The normalized spacial score (nSPS) is 15.5. The van der Waals surface area contributed by atoms with Crippen molar-refractivity contribution in [2.45, 2.75) is 33.1 Å². The summed E-state index contributed by atoms with van der Waals surface area (Å²) >= 11 is 0. The van der Waals surface area contributed by atoms with E-state index in [4.69, 9.17) is 4.74 Å². The molecule has 0 unspecified atom stereocenters. The van der Waals surface area contributed by atoms with Crippen molar-refractivity contribution in [1.29, 1.82) is 0 Å².